The number of hydrogen-bond donors (Lipinski definition) is 3. The van der Waals surface area contributed by atoms with Gasteiger partial charge < -0.3 is 15.5 Å². The Labute approximate surface area is 58.9 Å². The summed E-state index contributed by atoms with van der Waals surface area (Å²) in [5, 5.41) is 20.3. The Balaban J connectivity index is 2.39. The van der Waals surface area contributed by atoms with Gasteiger partial charge in [0.15, 0.2) is 6.10 Å². The quantitative estimate of drug-likeness (QED) is 0.468. The highest BCUT2D eigenvalue weighted by molar-refractivity contribution is 5.72. The zero-order chi connectivity index (χ0) is 7.56. The summed E-state index contributed by atoms with van der Waals surface area (Å²) in [6, 6.07) is 0. The van der Waals surface area contributed by atoms with Crippen LogP contribution in [-0.2, 0) is 4.79 Å². The highest BCUT2D eigenvalue weighted by Crippen LogP contribution is 2.12. The molecule has 0 amide bonds. The first-order chi connectivity index (χ1) is 4.72. The average molecular weight is 145 g/mol. The Morgan fingerprint density at radius 3 is 2.80 bits per heavy atom. The van der Waals surface area contributed by atoms with Gasteiger partial charge in [-0.1, -0.05) is 0 Å². The fourth-order valence-electron chi connectivity index (χ4n) is 1.15. The molecule has 0 saturated carbocycles. The molecule has 58 valence electrons. The summed E-state index contributed by atoms with van der Waals surface area (Å²) in [5.74, 6) is -1.22. The van der Waals surface area contributed by atoms with Gasteiger partial charge in [0, 0.05) is 12.5 Å². The summed E-state index contributed by atoms with van der Waals surface area (Å²) in [5.41, 5.74) is 0. The van der Waals surface area contributed by atoms with Crippen LogP contribution in [0.15, 0.2) is 0 Å². The Kier molecular flexibility index (Phi) is 2.24. The van der Waals surface area contributed by atoms with Crippen LogP contribution in [0, 0.1) is 5.92 Å². The standard InChI is InChI=1S/C6H11NO3/c8-5(6(9)10)4-1-2-7-3-4/h4-5,7-8H,1-3H2,(H,9,10)/t4-,5+/m0/s1. The number of rotatable bonds is 2. The van der Waals surface area contributed by atoms with E-state index in [9.17, 15) is 4.79 Å². The second kappa shape index (κ2) is 2.98. The lowest BCUT2D eigenvalue weighted by molar-refractivity contribution is -0.149. The van der Waals surface area contributed by atoms with Crippen LogP contribution in [0.3, 0.4) is 0 Å². The lowest BCUT2D eigenvalue weighted by Gasteiger charge is -2.10. The van der Waals surface area contributed by atoms with E-state index in [1.54, 1.807) is 0 Å². The minimum atomic E-state index is -1.19. The number of aliphatic hydroxyl groups is 1. The molecule has 4 nitrogen and oxygen atoms in total. The summed E-state index contributed by atoms with van der Waals surface area (Å²) >= 11 is 0. The number of hydrogen-bond acceptors (Lipinski definition) is 3. The van der Waals surface area contributed by atoms with Gasteiger partial charge in [-0.2, -0.15) is 0 Å². The molecule has 1 aliphatic rings. The molecule has 0 bridgehead atoms. The predicted octanol–water partition coefficient (Wildman–Crippen LogP) is -0.959. The van der Waals surface area contributed by atoms with E-state index in [4.69, 9.17) is 10.2 Å². The Morgan fingerprint density at radius 2 is 2.40 bits per heavy atom. The van der Waals surface area contributed by atoms with Crippen molar-refractivity contribution >= 4 is 5.97 Å². The van der Waals surface area contributed by atoms with Gasteiger partial charge in [-0.05, 0) is 13.0 Å². The maximum absolute atomic E-state index is 10.2. The Bertz CT molecular complexity index is 131. The Morgan fingerprint density at radius 1 is 1.70 bits per heavy atom. The minimum absolute atomic E-state index is 0.0995. The lowest BCUT2D eigenvalue weighted by atomic mass is 10.0. The average Bonchev–Trinajstić information content (AvgIpc) is 2.36. The van der Waals surface area contributed by atoms with Gasteiger partial charge in [0.25, 0.3) is 0 Å². The molecule has 10 heavy (non-hydrogen) atoms. The summed E-state index contributed by atoms with van der Waals surface area (Å²) in [6.07, 6.45) is -0.428. The molecule has 1 fully saturated rings. The van der Waals surface area contributed by atoms with E-state index in [1.807, 2.05) is 0 Å². The van der Waals surface area contributed by atoms with Gasteiger partial charge in [-0.3, -0.25) is 0 Å². The first-order valence-corrected chi connectivity index (χ1v) is 3.33. The van der Waals surface area contributed by atoms with Crippen LogP contribution in [0.2, 0.25) is 0 Å². The number of carbonyl (C=O) groups is 1. The molecule has 0 aromatic rings. The summed E-state index contributed by atoms with van der Waals surface area (Å²) in [6.45, 7) is 1.43. The molecule has 0 aromatic carbocycles. The van der Waals surface area contributed by atoms with Crippen molar-refractivity contribution in [3.63, 3.8) is 0 Å². The van der Waals surface area contributed by atoms with Crippen molar-refractivity contribution in [3.05, 3.63) is 0 Å². The largest absolute Gasteiger partial charge is 0.479 e. The molecule has 1 rings (SSSR count). The molecule has 0 unspecified atom stereocenters. The van der Waals surface area contributed by atoms with Crippen LogP contribution >= 0.6 is 0 Å². The molecular formula is C6H11NO3. The third-order valence-corrected chi connectivity index (χ3v) is 1.80. The molecular weight excluding hydrogens is 134 g/mol. The zero-order valence-corrected chi connectivity index (χ0v) is 5.58. The highest BCUT2D eigenvalue weighted by Gasteiger charge is 2.27. The lowest BCUT2D eigenvalue weighted by Crippen LogP contribution is -2.30. The number of nitrogens with one attached hydrogen (secondary N) is 1. The van der Waals surface area contributed by atoms with Crippen molar-refractivity contribution in [2.45, 2.75) is 12.5 Å². The monoisotopic (exact) mass is 145 g/mol. The van der Waals surface area contributed by atoms with E-state index in [0.717, 1.165) is 13.0 Å². The van der Waals surface area contributed by atoms with E-state index in [-0.39, 0.29) is 5.92 Å². The van der Waals surface area contributed by atoms with Crippen LogP contribution in [0.4, 0.5) is 0 Å². The fraction of sp³-hybridized carbons (Fsp3) is 0.833. The van der Waals surface area contributed by atoms with Crippen molar-refractivity contribution in [3.8, 4) is 0 Å². The minimum Gasteiger partial charge on any atom is -0.479 e. The van der Waals surface area contributed by atoms with E-state index < -0.39 is 12.1 Å². The van der Waals surface area contributed by atoms with Crippen LogP contribution < -0.4 is 5.32 Å². The zero-order valence-electron chi connectivity index (χ0n) is 5.58. The number of carboxylic acid groups (broad SMARTS) is 1. The van der Waals surface area contributed by atoms with Crippen LogP contribution in [0.1, 0.15) is 6.42 Å². The molecule has 0 aromatic heterocycles. The smallest absolute Gasteiger partial charge is 0.332 e. The van der Waals surface area contributed by atoms with Crippen LogP contribution in [0.25, 0.3) is 0 Å². The number of aliphatic carboxylic acids is 1. The van der Waals surface area contributed by atoms with Crippen molar-refractivity contribution < 1.29 is 15.0 Å². The third-order valence-electron chi connectivity index (χ3n) is 1.80. The van der Waals surface area contributed by atoms with Crippen LogP contribution in [0.5, 0.6) is 0 Å². The molecule has 1 saturated heterocycles. The van der Waals surface area contributed by atoms with Crippen molar-refractivity contribution in [2.75, 3.05) is 13.1 Å². The van der Waals surface area contributed by atoms with E-state index >= 15 is 0 Å². The third kappa shape index (κ3) is 1.46. The molecule has 0 radical (unpaired) electrons. The maximum atomic E-state index is 10.2. The van der Waals surface area contributed by atoms with Gasteiger partial charge in [0.2, 0.25) is 0 Å². The van der Waals surface area contributed by atoms with E-state index in [1.165, 1.54) is 0 Å². The van der Waals surface area contributed by atoms with Crippen molar-refractivity contribution in [1.29, 1.82) is 0 Å². The molecule has 2 atom stereocenters. The normalized spacial score (nSPS) is 28.3. The molecule has 1 heterocycles. The van der Waals surface area contributed by atoms with E-state index in [0.29, 0.717) is 6.54 Å². The van der Waals surface area contributed by atoms with Crippen LogP contribution in [-0.4, -0.2) is 35.4 Å². The molecule has 0 aliphatic carbocycles. The maximum Gasteiger partial charge on any atom is 0.332 e. The van der Waals surface area contributed by atoms with Gasteiger partial charge in [-0.25, -0.2) is 4.79 Å². The summed E-state index contributed by atoms with van der Waals surface area (Å²) in [4.78, 5) is 10.2. The first-order valence-electron chi connectivity index (χ1n) is 3.33. The highest BCUT2D eigenvalue weighted by atomic mass is 16.4. The molecule has 1 aliphatic heterocycles. The fourth-order valence-corrected chi connectivity index (χ4v) is 1.15. The molecule has 3 N–H and O–H groups in total. The van der Waals surface area contributed by atoms with Gasteiger partial charge in [0.1, 0.15) is 0 Å². The first kappa shape index (κ1) is 7.50. The topological polar surface area (TPSA) is 69.6 Å². The SMILES string of the molecule is O=C(O)[C@H](O)[C@H]1CCNC1. The van der Waals surface area contributed by atoms with Gasteiger partial charge >= 0.3 is 5.97 Å². The number of carboxylic acids is 1. The second-order valence-corrected chi connectivity index (χ2v) is 2.54. The summed E-state index contributed by atoms with van der Waals surface area (Å²) < 4.78 is 0. The van der Waals surface area contributed by atoms with E-state index in [2.05, 4.69) is 5.32 Å². The Hall–Kier alpha value is -0.610. The van der Waals surface area contributed by atoms with Crippen molar-refractivity contribution in [1.82, 2.24) is 5.32 Å². The predicted molar refractivity (Wildman–Crippen MR) is 34.6 cm³/mol. The molecule has 0 spiro atoms. The summed E-state index contributed by atoms with van der Waals surface area (Å²) in [7, 11) is 0. The molecule has 4 heteroatoms. The second-order valence-electron chi connectivity index (χ2n) is 2.54. The number of aliphatic hydroxyl groups excluding tert-OH is 1. The van der Waals surface area contributed by atoms with Gasteiger partial charge in [-0.15, -0.1) is 0 Å². The van der Waals surface area contributed by atoms with Gasteiger partial charge in [0.05, 0.1) is 0 Å². The van der Waals surface area contributed by atoms with Crippen molar-refractivity contribution in [2.24, 2.45) is 5.92 Å².